The summed E-state index contributed by atoms with van der Waals surface area (Å²) < 4.78 is 11.0. The number of hydrogen-bond acceptors (Lipinski definition) is 6. The molecule has 0 radical (unpaired) electrons. The molecule has 0 aliphatic carbocycles. The fourth-order valence-electron chi connectivity index (χ4n) is 2.35. The standard InChI is InChI=1S/C15H18N4O3/c1-18(2)13-8-16-9-14(17-13)22-11-5-6-19(10-11)15(20)12-4-3-7-21-12/h3-4,7-9,11H,5-6,10H2,1-2H3. The molecule has 0 bridgehead atoms. The Balaban J connectivity index is 1.61. The molecule has 7 nitrogen and oxygen atoms in total. The van der Waals surface area contributed by atoms with Crippen molar-refractivity contribution in [2.45, 2.75) is 12.5 Å². The van der Waals surface area contributed by atoms with Crippen LogP contribution in [0.5, 0.6) is 5.88 Å². The van der Waals surface area contributed by atoms with Crippen LogP contribution >= 0.6 is 0 Å². The van der Waals surface area contributed by atoms with Crippen molar-refractivity contribution in [1.82, 2.24) is 14.9 Å². The normalized spacial score (nSPS) is 17.5. The molecular formula is C15H18N4O3. The topological polar surface area (TPSA) is 71.7 Å². The van der Waals surface area contributed by atoms with Crippen LogP contribution in [0.15, 0.2) is 35.2 Å². The number of furan rings is 1. The van der Waals surface area contributed by atoms with Gasteiger partial charge in [-0.3, -0.25) is 9.78 Å². The Labute approximate surface area is 128 Å². The van der Waals surface area contributed by atoms with E-state index >= 15 is 0 Å². The third-order valence-electron chi connectivity index (χ3n) is 3.51. The molecular weight excluding hydrogens is 284 g/mol. The first-order valence-electron chi connectivity index (χ1n) is 7.12. The van der Waals surface area contributed by atoms with Gasteiger partial charge in [0.25, 0.3) is 5.91 Å². The number of nitrogens with zero attached hydrogens (tertiary/aromatic N) is 4. The fraction of sp³-hybridized carbons (Fsp3) is 0.400. The van der Waals surface area contributed by atoms with E-state index in [1.54, 1.807) is 29.4 Å². The molecule has 1 aliphatic rings. The summed E-state index contributed by atoms with van der Waals surface area (Å²) in [7, 11) is 3.79. The molecule has 7 heteroatoms. The van der Waals surface area contributed by atoms with Gasteiger partial charge in [0.2, 0.25) is 5.88 Å². The zero-order valence-corrected chi connectivity index (χ0v) is 12.6. The predicted molar refractivity (Wildman–Crippen MR) is 80.0 cm³/mol. The van der Waals surface area contributed by atoms with Crippen LogP contribution in [0, 0.1) is 0 Å². The van der Waals surface area contributed by atoms with Gasteiger partial charge in [0.1, 0.15) is 6.10 Å². The van der Waals surface area contributed by atoms with Gasteiger partial charge in [-0.1, -0.05) is 0 Å². The summed E-state index contributed by atoms with van der Waals surface area (Å²) in [6, 6.07) is 3.38. The largest absolute Gasteiger partial charge is 0.471 e. The summed E-state index contributed by atoms with van der Waals surface area (Å²) in [6.45, 7) is 1.17. The minimum Gasteiger partial charge on any atom is -0.471 e. The van der Waals surface area contributed by atoms with Gasteiger partial charge in [0, 0.05) is 27.1 Å². The van der Waals surface area contributed by atoms with Crippen molar-refractivity contribution in [2.75, 3.05) is 32.1 Å². The number of likely N-dealkylation sites (tertiary alicyclic amines) is 1. The summed E-state index contributed by atoms with van der Waals surface area (Å²) in [5, 5.41) is 0. The fourth-order valence-corrected chi connectivity index (χ4v) is 2.35. The minimum atomic E-state index is -0.107. The van der Waals surface area contributed by atoms with Gasteiger partial charge in [-0.25, -0.2) is 0 Å². The maximum absolute atomic E-state index is 12.2. The van der Waals surface area contributed by atoms with E-state index in [0.717, 1.165) is 12.2 Å². The average molecular weight is 302 g/mol. The van der Waals surface area contributed by atoms with Gasteiger partial charge in [-0.05, 0) is 12.1 Å². The van der Waals surface area contributed by atoms with Crippen LogP contribution in [0.3, 0.4) is 0 Å². The molecule has 3 heterocycles. The Morgan fingerprint density at radius 3 is 3.05 bits per heavy atom. The SMILES string of the molecule is CN(C)c1cncc(OC2CCN(C(=O)c3ccco3)C2)n1. The van der Waals surface area contributed by atoms with E-state index in [2.05, 4.69) is 9.97 Å². The van der Waals surface area contributed by atoms with Gasteiger partial charge >= 0.3 is 0 Å². The second-order valence-electron chi connectivity index (χ2n) is 5.37. The molecule has 1 atom stereocenters. The third-order valence-corrected chi connectivity index (χ3v) is 3.51. The number of aromatic nitrogens is 2. The van der Waals surface area contributed by atoms with Crippen molar-refractivity contribution >= 4 is 11.7 Å². The van der Waals surface area contributed by atoms with Crippen molar-refractivity contribution in [3.8, 4) is 5.88 Å². The van der Waals surface area contributed by atoms with Gasteiger partial charge < -0.3 is 19.0 Å². The molecule has 1 amide bonds. The molecule has 1 fully saturated rings. The highest BCUT2D eigenvalue weighted by molar-refractivity contribution is 5.91. The molecule has 116 valence electrons. The minimum absolute atomic E-state index is 0.0781. The first kappa shape index (κ1) is 14.4. The molecule has 0 saturated carbocycles. The second-order valence-corrected chi connectivity index (χ2v) is 5.37. The first-order chi connectivity index (χ1) is 10.6. The highest BCUT2D eigenvalue weighted by atomic mass is 16.5. The van der Waals surface area contributed by atoms with E-state index in [9.17, 15) is 4.79 Å². The second kappa shape index (κ2) is 6.05. The first-order valence-corrected chi connectivity index (χ1v) is 7.12. The molecule has 0 aromatic carbocycles. The number of ether oxygens (including phenoxy) is 1. The molecule has 0 N–H and O–H groups in total. The van der Waals surface area contributed by atoms with Crippen LogP contribution in [-0.4, -0.2) is 54.1 Å². The molecule has 2 aromatic rings. The smallest absolute Gasteiger partial charge is 0.289 e. The number of rotatable bonds is 4. The Morgan fingerprint density at radius 2 is 2.32 bits per heavy atom. The zero-order valence-electron chi connectivity index (χ0n) is 12.6. The maximum Gasteiger partial charge on any atom is 0.289 e. The van der Waals surface area contributed by atoms with E-state index in [0.29, 0.717) is 24.7 Å². The van der Waals surface area contributed by atoms with Gasteiger partial charge in [-0.15, -0.1) is 0 Å². The van der Waals surface area contributed by atoms with Crippen molar-refractivity contribution in [1.29, 1.82) is 0 Å². The molecule has 0 spiro atoms. The van der Waals surface area contributed by atoms with Crippen LogP contribution in [0.25, 0.3) is 0 Å². The van der Waals surface area contributed by atoms with Crippen LogP contribution in [0.2, 0.25) is 0 Å². The van der Waals surface area contributed by atoms with Crippen LogP contribution in [0.1, 0.15) is 17.0 Å². The van der Waals surface area contributed by atoms with E-state index in [-0.39, 0.29) is 12.0 Å². The summed E-state index contributed by atoms with van der Waals surface area (Å²) in [4.78, 5) is 24.3. The summed E-state index contributed by atoms with van der Waals surface area (Å²) >= 11 is 0. The lowest BCUT2D eigenvalue weighted by Gasteiger charge is -2.16. The molecule has 1 saturated heterocycles. The van der Waals surface area contributed by atoms with Crippen LogP contribution < -0.4 is 9.64 Å². The van der Waals surface area contributed by atoms with Crippen LogP contribution in [-0.2, 0) is 0 Å². The van der Waals surface area contributed by atoms with Crippen molar-refractivity contribution < 1.29 is 13.9 Å². The third kappa shape index (κ3) is 3.03. The van der Waals surface area contributed by atoms with Gasteiger partial charge in [-0.2, -0.15) is 4.98 Å². The van der Waals surface area contributed by atoms with Crippen molar-refractivity contribution in [2.24, 2.45) is 0 Å². The number of carbonyl (C=O) groups is 1. The quantitative estimate of drug-likeness (QED) is 0.851. The molecule has 2 aromatic heterocycles. The van der Waals surface area contributed by atoms with E-state index in [1.165, 1.54) is 6.26 Å². The number of amides is 1. The highest BCUT2D eigenvalue weighted by Crippen LogP contribution is 2.19. The van der Waals surface area contributed by atoms with Crippen molar-refractivity contribution in [3.63, 3.8) is 0 Å². The van der Waals surface area contributed by atoms with Gasteiger partial charge in [0.15, 0.2) is 11.6 Å². The molecule has 1 aliphatic heterocycles. The lowest BCUT2D eigenvalue weighted by atomic mass is 10.3. The maximum atomic E-state index is 12.2. The predicted octanol–water partition coefficient (Wildman–Crippen LogP) is 1.43. The number of anilines is 1. The Hall–Kier alpha value is -2.57. The average Bonchev–Trinajstić information content (AvgIpc) is 3.18. The molecule has 22 heavy (non-hydrogen) atoms. The lowest BCUT2D eigenvalue weighted by Crippen LogP contribution is -2.30. The van der Waals surface area contributed by atoms with E-state index < -0.39 is 0 Å². The molecule has 3 rings (SSSR count). The summed E-state index contributed by atoms with van der Waals surface area (Å²) in [5.41, 5.74) is 0. The lowest BCUT2D eigenvalue weighted by molar-refractivity contribution is 0.0740. The number of hydrogen-bond donors (Lipinski definition) is 0. The summed E-state index contributed by atoms with van der Waals surface area (Å²) in [6.07, 6.45) is 5.45. The number of carbonyl (C=O) groups excluding carboxylic acids is 1. The molecule has 1 unspecified atom stereocenters. The Kier molecular flexibility index (Phi) is 3.95. The summed E-state index contributed by atoms with van der Waals surface area (Å²) in [5.74, 6) is 1.46. The monoisotopic (exact) mass is 302 g/mol. The van der Waals surface area contributed by atoms with Crippen LogP contribution in [0.4, 0.5) is 5.82 Å². The van der Waals surface area contributed by atoms with Gasteiger partial charge in [0.05, 0.1) is 25.2 Å². The highest BCUT2D eigenvalue weighted by Gasteiger charge is 2.29. The van der Waals surface area contributed by atoms with E-state index in [1.807, 2.05) is 19.0 Å². The van der Waals surface area contributed by atoms with Crippen molar-refractivity contribution in [3.05, 3.63) is 36.5 Å². The Morgan fingerprint density at radius 1 is 1.45 bits per heavy atom. The Bertz CT molecular complexity index is 642. The van der Waals surface area contributed by atoms with E-state index in [4.69, 9.17) is 9.15 Å². The zero-order chi connectivity index (χ0) is 15.5.